The summed E-state index contributed by atoms with van der Waals surface area (Å²) in [5.41, 5.74) is 8.38. The largest absolute Gasteiger partial charge is 0.453 e. The molecule has 1 saturated heterocycles. The van der Waals surface area contributed by atoms with Gasteiger partial charge in [-0.15, -0.1) is 0 Å². The third-order valence-corrected chi connectivity index (χ3v) is 12.3. The van der Waals surface area contributed by atoms with Crippen molar-refractivity contribution in [1.29, 1.82) is 0 Å². The summed E-state index contributed by atoms with van der Waals surface area (Å²) in [5.74, 6) is 1.02. The van der Waals surface area contributed by atoms with Crippen molar-refractivity contribution in [2.45, 2.75) is 109 Å². The van der Waals surface area contributed by atoms with Gasteiger partial charge < -0.3 is 40.3 Å². The van der Waals surface area contributed by atoms with Crippen molar-refractivity contribution < 1.29 is 28.7 Å². The fourth-order valence-corrected chi connectivity index (χ4v) is 9.04. The highest BCUT2D eigenvalue weighted by molar-refractivity contribution is 5.88. The molecule has 14 heteroatoms. The molecule has 3 heterocycles. The number of hydrogen-bond donors (Lipinski definition) is 5. The Balaban J connectivity index is 1.07. The van der Waals surface area contributed by atoms with E-state index < -0.39 is 24.3 Å². The molecule has 1 saturated carbocycles. The Kier molecular flexibility index (Phi) is 11.4. The molecular formula is C44H56N8O6. The maximum Gasteiger partial charge on any atom is 0.407 e. The number of rotatable bonds is 11. The number of hydrogen-bond acceptors (Lipinski definition) is 8. The number of carbonyl (C=O) groups excluding carboxylic acids is 4. The molecule has 3 aliphatic rings. The van der Waals surface area contributed by atoms with Crippen LogP contribution in [0.2, 0.25) is 0 Å². The van der Waals surface area contributed by atoms with Gasteiger partial charge in [-0.2, -0.15) is 0 Å². The second kappa shape index (κ2) is 16.3. The molecule has 0 radical (unpaired) electrons. The Labute approximate surface area is 339 Å². The standard InChI is InChI=1S/C44H56N8O6/c1-23(2)36(50-42(55)57-7)40(53)49-32-12-9-11-29(32)38-45-21-33(47-38)25-14-16-27-28-17-15-26(20-31(28)44(5,6)30(27)19-25)34-22-46-39(48-34)35-13-10-18-52(35)41(54)37(24(3)4)51-43(56)58-8/h14-17,19-24,29,32,35-37H,9-13,18H2,1-8H3,(H,45,47)(H,46,48)(H,49,53)(H,50,55)(H,51,56)/t29-,32+,35-,36-,37-/m0/s1. The fourth-order valence-electron chi connectivity index (χ4n) is 9.04. The van der Waals surface area contributed by atoms with Crippen molar-refractivity contribution in [2.24, 2.45) is 11.8 Å². The number of fused-ring (bicyclic) bond motifs is 3. The zero-order valence-electron chi connectivity index (χ0n) is 34.7. The summed E-state index contributed by atoms with van der Waals surface area (Å²) < 4.78 is 9.53. The van der Waals surface area contributed by atoms with E-state index in [1.165, 1.54) is 36.5 Å². The van der Waals surface area contributed by atoms with Crippen LogP contribution in [0.3, 0.4) is 0 Å². The maximum absolute atomic E-state index is 13.7. The summed E-state index contributed by atoms with van der Waals surface area (Å²) in [5, 5.41) is 8.57. The second-order valence-electron chi connectivity index (χ2n) is 17.1. The maximum atomic E-state index is 13.7. The summed E-state index contributed by atoms with van der Waals surface area (Å²) in [6, 6.07) is 11.4. The SMILES string of the molecule is COC(=O)N[C@H](C(=O)N[C@@H]1CCC[C@@H]1c1ncc(-c2ccc3c(c2)C(C)(C)c2cc(-c4cnc([C@@H]5CCCN5C(=O)[C@@H](NC(=O)OC)C(C)C)[nH]4)ccc2-3)[nH]1)C(C)C. The van der Waals surface area contributed by atoms with E-state index in [1.807, 2.05) is 45.0 Å². The molecule has 4 aromatic rings. The first kappa shape index (κ1) is 40.5. The minimum Gasteiger partial charge on any atom is -0.453 e. The highest BCUT2D eigenvalue weighted by Crippen LogP contribution is 2.50. The number of H-pyrrole nitrogens is 2. The number of likely N-dealkylation sites (tertiary alicyclic amines) is 1. The van der Waals surface area contributed by atoms with Crippen molar-refractivity contribution in [2.75, 3.05) is 20.8 Å². The average Bonchev–Trinajstić information content (AvgIpc) is 4.06. The number of aromatic nitrogens is 4. The van der Waals surface area contributed by atoms with Crippen LogP contribution in [0.25, 0.3) is 33.6 Å². The lowest BCUT2D eigenvalue weighted by molar-refractivity contribution is -0.135. The molecule has 2 aromatic heterocycles. The normalized spacial score (nSPS) is 20.4. The van der Waals surface area contributed by atoms with Crippen molar-refractivity contribution in [3.8, 4) is 33.6 Å². The number of alkyl carbamates (subject to hydrolysis) is 2. The smallest absolute Gasteiger partial charge is 0.407 e. The highest BCUT2D eigenvalue weighted by atomic mass is 16.5. The fraction of sp³-hybridized carbons (Fsp3) is 0.500. The van der Waals surface area contributed by atoms with Gasteiger partial charge in [-0.3, -0.25) is 9.59 Å². The van der Waals surface area contributed by atoms with Gasteiger partial charge in [0, 0.05) is 23.9 Å². The van der Waals surface area contributed by atoms with Crippen LogP contribution in [0, 0.1) is 11.8 Å². The molecule has 58 heavy (non-hydrogen) atoms. The molecule has 2 aromatic carbocycles. The molecule has 7 rings (SSSR count). The summed E-state index contributed by atoms with van der Waals surface area (Å²) in [7, 11) is 2.58. The molecule has 14 nitrogen and oxygen atoms in total. The molecule has 2 aliphatic carbocycles. The monoisotopic (exact) mass is 792 g/mol. The zero-order chi connectivity index (χ0) is 41.5. The molecule has 4 amide bonds. The van der Waals surface area contributed by atoms with E-state index in [1.54, 1.807) is 0 Å². The van der Waals surface area contributed by atoms with Crippen LogP contribution in [0.5, 0.6) is 0 Å². The van der Waals surface area contributed by atoms with Crippen LogP contribution in [-0.2, 0) is 24.5 Å². The van der Waals surface area contributed by atoms with Crippen LogP contribution >= 0.6 is 0 Å². The minimum absolute atomic E-state index is 0.0259. The van der Waals surface area contributed by atoms with Crippen LogP contribution in [0.15, 0.2) is 48.8 Å². The molecular weight excluding hydrogens is 737 g/mol. The molecule has 2 fully saturated rings. The van der Waals surface area contributed by atoms with Gasteiger partial charge in [0.2, 0.25) is 11.8 Å². The topological polar surface area (TPSA) is 183 Å². The Morgan fingerprint density at radius 3 is 1.88 bits per heavy atom. The number of benzene rings is 2. The van der Waals surface area contributed by atoms with Gasteiger partial charge in [0.25, 0.3) is 0 Å². The molecule has 0 bridgehead atoms. The molecule has 308 valence electrons. The zero-order valence-corrected chi connectivity index (χ0v) is 34.7. The number of methoxy groups -OCH3 is 2. The number of carbonyl (C=O) groups is 4. The number of nitrogens with zero attached hydrogens (tertiary/aromatic N) is 3. The van der Waals surface area contributed by atoms with E-state index >= 15 is 0 Å². The van der Waals surface area contributed by atoms with Gasteiger partial charge in [-0.25, -0.2) is 19.6 Å². The summed E-state index contributed by atoms with van der Waals surface area (Å²) in [6.07, 6.45) is 6.78. The second-order valence-corrected chi connectivity index (χ2v) is 17.1. The van der Waals surface area contributed by atoms with Crippen LogP contribution < -0.4 is 16.0 Å². The van der Waals surface area contributed by atoms with Gasteiger partial charge in [-0.1, -0.05) is 72.2 Å². The number of imidazole rings is 2. The third kappa shape index (κ3) is 7.68. The Morgan fingerprint density at radius 2 is 1.31 bits per heavy atom. The minimum atomic E-state index is -0.699. The summed E-state index contributed by atoms with van der Waals surface area (Å²) in [6.45, 7) is 12.7. The number of amides is 4. The Morgan fingerprint density at radius 1 is 0.759 bits per heavy atom. The van der Waals surface area contributed by atoms with Gasteiger partial charge in [0.1, 0.15) is 23.7 Å². The molecule has 5 atom stereocenters. The molecule has 0 unspecified atom stereocenters. The van der Waals surface area contributed by atoms with Crippen molar-refractivity contribution in [3.63, 3.8) is 0 Å². The lowest BCUT2D eigenvalue weighted by atomic mass is 9.81. The lowest BCUT2D eigenvalue weighted by Crippen LogP contribution is -2.52. The first-order valence-corrected chi connectivity index (χ1v) is 20.4. The van der Waals surface area contributed by atoms with Crippen molar-refractivity contribution in [3.05, 3.63) is 71.6 Å². The third-order valence-electron chi connectivity index (χ3n) is 12.3. The Hall–Kier alpha value is -5.66. The van der Waals surface area contributed by atoms with Crippen LogP contribution in [0.1, 0.15) is 108 Å². The summed E-state index contributed by atoms with van der Waals surface area (Å²) in [4.78, 5) is 69.4. The molecule has 5 N–H and O–H groups in total. The van der Waals surface area contributed by atoms with E-state index in [-0.39, 0.29) is 47.1 Å². The van der Waals surface area contributed by atoms with Crippen molar-refractivity contribution in [1.82, 2.24) is 40.8 Å². The molecule has 0 spiro atoms. The lowest BCUT2D eigenvalue weighted by Gasteiger charge is -2.30. The van der Waals surface area contributed by atoms with Crippen LogP contribution in [0.4, 0.5) is 9.59 Å². The average molecular weight is 793 g/mol. The first-order valence-electron chi connectivity index (χ1n) is 20.4. The van der Waals surface area contributed by atoms with Crippen LogP contribution in [-0.4, -0.2) is 87.7 Å². The van der Waals surface area contributed by atoms with E-state index in [9.17, 15) is 19.2 Å². The molecule has 1 aliphatic heterocycles. The first-order chi connectivity index (χ1) is 27.7. The van der Waals surface area contributed by atoms with E-state index in [0.29, 0.717) is 6.54 Å². The number of ether oxygens (including phenoxy) is 2. The van der Waals surface area contributed by atoms with Crippen molar-refractivity contribution >= 4 is 24.0 Å². The number of aromatic amines is 2. The van der Waals surface area contributed by atoms with Gasteiger partial charge in [-0.05, 0) is 83.0 Å². The predicted molar refractivity (Wildman–Crippen MR) is 220 cm³/mol. The van der Waals surface area contributed by atoms with E-state index in [4.69, 9.17) is 19.4 Å². The highest BCUT2D eigenvalue weighted by Gasteiger charge is 2.39. The quantitative estimate of drug-likeness (QED) is 0.108. The van der Waals surface area contributed by atoms with Gasteiger partial charge in [0.15, 0.2) is 0 Å². The van der Waals surface area contributed by atoms with E-state index in [2.05, 4.69) is 76.2 Å². The number of nitrogens with one attached hydrogen (secondary N) is 5. The summed E-state index contributed by atoms with van der Waals surface area (Å²) >= 11 is 0. The predicted octanol–water partition coefficient (Wildman–Crippen LogP) is 6.95. The van der Waals surface area contributed by atoms with Gasteiger partial charge >= 0.3 is 12.2 Å². The van der Waals surface area contributed by atoms with E-state index in [0.717, 1.165) is 66.3 Å². The Bertz CT molecular complexity index is 2190. The van der Waals surface area contributed by atoms with Gasteiger partial charge in [0.05, 0.1) is 44.0 Å².